The number of carbonyl (C=O) groups is 2. The first-order valence-corrected chi connectivity index (χ1v) is 9.92. The van der Waals surface area contributed by atoms with Crippen molar-refractivity contribution < 1.29 is 18.4 Å². The summed E-state index contributed by atoms with van der Waals surface area (Å²) in [6.45, 7) is 3.53. The lowest BCUT2D eigenvalue weighted by atomic mass is 9.93. The summed E-state index contributed by atoms with van der Waals surface area (Å²) < 4.78 is 11.0. The van der Waals surface area contributed by atoms with Crippen LogP contribution in [0.4, 0.5) is 5.69 Å². The predicted octanol–water partition coefficient (Wildman–Crippen LogP) is 4.87. The molecule has 30 heavy (non-hydrogen) atoms. The Bertz CT molecular complexity index is 1160. The van der Waals surface area contributed by atoms with Crippen LogP contribution in [0.2, 0.25) is 5.02 Å². The van der Waals surface area contributed by atoms with E-state index in [0.717, 1.165) is 12.0 Å². The summed E-state index contributed by atoms with van der Waals surface area (Å²) in [6, 6.07) is 8.50. The third-order valence-electron chi connectivity index (χ3n) is 5.01. The molecule has 1 aliphatic carbocycles. The van der Waals surface area contributed by atoms with Crippen molar-refractivity contribution in [1.29, 1.82) is 0 Å². The van der Waals surface area contributed by atoms with Crippen molar-refractivity contribution in [3.63, 3.8) is 0 Å². The van der Waals surface area contributed by atoms with Crippen molar-refractivity contribution >= 4 is 34.8 Å². The molecular weight excluding hydrogens is 406 g/mol. The summed E-state index contributed by atoms with van der Waals surface area (Å²) in [5.41, 5.74) is 5.75. The summed E-state index contributed by atoms with van der Waals surface area (Å²) >= 11 is 5.98. The lowest BCUT2D eigenvalue weighted by Gasteiger charge is -2.13. The molecule has 0 aliphatic heterocycles. The number of aryl methyl sites for hydroxylation is 2. The first-order chi connectivity index (χ1) is 14.4. The highest BCUT2D eigenvalue weighted by molar-refractivity contribution is 6.31. The summed E-state index contributed by atoms with van der Waals surface area (Å²) in [6.07, 6.45) is 3.65. The molecule has 2 N–H and O–H groups in total. The van der Waals surface area contributed by atoms with Gasteiger partial charge in [-0.3, -0.25) is 9.59 Å². The van der Waals surface area contributed by atoms with Gasteiger partial charge in [0.2, 0.25) is 0 Å². The molecule has 0 saturated heterocycles. The highest BCUT2D eigenvalue weighted by Gasteiger charge is 2.28. The lowest BCUT2D eigenvalue weighted by molar-refractivity contribution is 0.0952. The van der Waals surface area contributed by atoms with Gasteiger partial charge in [0, 0.05) is 28.3 Å². The highest BCUT2D eigenvalue weighted by Crippen LogP contribution is 2.30. The number of anilines is 1. The molecule has 0 bridgehead atoms. The Hall–Kier alpha value is -3.32. The molecule has 0 unspecified atom stereocenters. The van der Waals surface area contributed by atoms with Crippen LogP contribution in [0.3, 0.4) is 0 Å². The Balaban J connectivity index is 1.58. The van der Waals surface area contributed by atoms with Crippen LogP contribution in [0, 0.1) is 13.8 Å². The van der Waals surface area contributed by atoms with Crippen molar-refractivity contribution in [3.8, 4) is 0 Å². The zero-order chi connectivity index (χ0) is 21.3. The van der Waals surface area contributed by atoms with Gasteiger partial charge in [-0.2, -0.15) is 5.10 Å². The average Bonchev–Trinajstić information content (AvgIpc) is 3.30. The second kappa shape index (κ2) is 8.20. The number of halogens is 1. The van der Waals surface area contributed by atoms with Crippen molar-refractivity contribution in [2.45, 2.75) is 33.1 Å². The fraction of sp³-hybridized carbons (Fsp3) is 0.227. The molecule has 0 atom stereocenters. The number of nitrogens with zero attached hydrogens (tertiary/aromatic N) is 1. The SMILES string of the molecule is Cc1occc1C(=O)N/N=C1\CCCc2oc(C(=O)Nc3cccc(Cl)c3)c(C)c21. The molecule has 0 saturated carbocycles. The van der Waals surface area contributed by atoms with Gasteiger partial charge in [0.15, 0.2) is 5.76 Å². The minimum atomic E-state index is -0.360. The van der Waals surface area contributed by atoms with E-state index >= 15 is 0 Å². The molecule has 2 aromatic heterocycles. The van der Waals surface area contributed by atoms with Gasteiger partial charge in [-0.05, 0) is 51.0 Å². The third kappa shape index (κ3) is 3.89. The maximum atomic E-state index is 12.8. The van der Waals surface area contributed by atoms with E-state index in [4.69, 9.17) is 20.4 Å². The highest BCUT2D eigenvalue weighted by atomic mass is 35.5. The maximum absolute atomic E-state index is 12.8. The molecule has 3 aromatic rings. The van der Waals surface area contributed by atoms with Crippen molar-refractivity contribution in [1.82, 2.24) is 5.43 Å². The van der Waals surface area contributed by atoms with Crippen LogP contribution in [0.5, 0.6) is 0 Å². The van der Waals surface area contributed by atoms with Gasteiger partial charge < -0.3 is 14.2 Å². The molecule has 154 valence electrons. The summed E-state index contributed by atoms with van der Waals surface area (Å²) in [5.74, 6) is 0.744. The van der Waals surface area contributed by atoms with Gasteiger partial charge in [0.05, 0.1) is 17.5 Å². The standard InChI is InChI=1S/C22H20ClN3O4/c1-12-19-17(25-26-21(27)16-9-10-29-13(16)2)7-4-8-18(19)30-20(12)22(28)24-15-6-3-5-14(23)11-15/h3,5-6,9-11H,4,7-8H2,1-2H3,(H,24,28)(H,26,27)/b25-17+. The molecule has 0 spiro atoms. The number of hydrazone groups is 1. The minimum Gasteiger partial charge on any atom is -0.469 e. The number of carbonyl (C=O) groups excluding carboxylic acids is 2. The molecule has 2 amide bonds. The third-order valence-corrected chi connectivity index (χ3v) is 5.25. The van der Waals surface area contributed by atoms with Crippen LogP contribution in [-0.4, -0.2) is 17.5 Å². The normalized spacial score (nSPS) is 14.4. The van der Waals surface area contributed by atoms with Crippen LogP contribution in [0.1, 0.15) is 56.4 Å². The smallest absolute Gasteiger partial charge is 0.291 e. The van der Waals surface area contributed by atoms with E-state index in [9.17, 15) is 9.59 Å². The zero-order valence-corrected chi connectivity index (χ0v) is 17.3. The van der Waals surface area contributed by atoms with Crippen molar-refractivity contribution in [2.24, 2.45) is 5.10 Å². The van der Waals surface area contributed by atoms with Gasteiger partial charge in [-0.25, -0.2) is 5.43 Å². The second-order valence-electron chi connectivity index (χ2n) is 7.06. The number of rotatable bonds is 4. The van der Waals surface area contributed by atoms with E-state index in [2.05, 4.69) is 15.8 Å². The number of hydrogen-bond acceptors (Lipinski definition) is 5. The van der Waals surface area contributed by atoms with Crippen LogP contribution < -0.4 is 10.7 Å². The van der Waals surface area contributed by atoms with Gasteiger partial charge in [-0.1, -0.05) is 17.7 Å². The molecule has 2 heterocycles. The minimum absolute atomic E-state index is 0.228. The van der Waals surface area contributed by atoms with Crippen molar-refractivity contribution in [2.75, 3.05) is 5.32 Å². The Morgan fingerprint density at radius 1 is 1.13 bits per heavy atom. The van der Waals surface area contributed by atoms with E-state index in [1.807, 2.05) is 6.92 Å². The predicted molar refractivity (Wildman–Crippen MR) is 113 cm³/mol. The van der Waals surface area contributed by atoms with E-state index in [0.29, 0.717) is 51.9 Å². The fourth-order valence-electron chi connectivity index (χ4n) is 3.55. The Kier molecular flexibility index (Phi) is 5.46. The fourth-order valence-corrected chi connectivity index (χ4v) is 3.74. The van der Waals surface area contributed by atoms with Gasteiger partial charge >= 0.3 is 0 Å². The number of fused-ring (bicyclic) bond motifs is 1. The molecule has 1 aromatic carbocycles. The van der Waals surface area contributed by atoms with Gasteiger partial charge in [-0.15, -0.1) is 0 Å². The van der Waals surface area contributed by atoms with Gasteiger partial charge in [0.25, 0.3) is 11.8 Å². The molecule has 1 aliphatic rings. The summed E-state index contributed by atoms with van der Waals surface area (Å²) in [7, 11) is 0. The van der Waals surface area contributed by atoms with E-state index in [-0.39, 0.29) is 17.6 Å². The largest absolute Gasteiger partial charge is 0.469 e. The topological polar surface area (TPSA) is 96.8 Å². The van der Waals surface area contributed by atoms with Crippen LogP contribution in [-0.2, 0) is 6.42 Å². The monoisotopic (exact) mass is 425 g/mol. The quantitative estimate of drug-likeness (QED) is 0.583. The molecule has 8 heteroatoms. The van der Waals surface area contributed by atoms with Crippen LogP contribution in [0.25, 0.3) is 0 Å². The number of benzene rings is 1. The molecule has 0 fully saturated rings. The Morgan fingerprint density at radius 2 is 1.97 bits per heavy atom. The van der Waals surface area contributed by atoms with E-state index in [1.54, 1.807) is 37.3 Å². The molecule has 0 radical (unpaired) electrons. The zero-order valence-electron chi connectivity index (χ0n) is 16.5. The van der Waals surface area contributed by atoms with E-state index in [1.165, 1.54) is 6.26 Å². The van der Waals surface area contributed by atoms with Crippen molar-refractivity contribution in [3.05, 3.63) is 75.6 Å². The van der Waals surface area contributed by atoms with Gasteiger partial charge in [0.1, 0.15) is 11.5 Å². The average molecular weight is 426 g/mol. The first-order valence-electron chi connectivity index (χ1n) is 9.54. The summed E-state index contributed by atoms with van der Waals surface area (Å²) in [4.78, 5) is 25.1. The number of amides is 2. The summed E-state index contributed by atoms with van der Waals surface area (Å²) in [5, 5.41) is 7.65. The lowest BCUT2D eigenvalue weighted by Crippen LogP contribution is -2.22. The molecule has 4 rings (SSSR count). The number of furan rings is 2. The first kappa shape index (κ1) is 20.0. The van der Waals surface area contributed by atoms with Crippen LogP contribution in [0.15, 0.2) is 50.5 Å². The maximum Gasteiger partial charge on any atom is 0.291 e. The second-order valence-corrected chi connectivity index (χ2v) is 7.50. The molecular formula is C22H20ClN3O4. The molecule has 7 nitrogen and oxygen atoms in total. The Labute approximate surface area is 178 Å². The van der Waals surface area contributed by atoms with E-state index < -0.39 is 0 Å². The number of nitrogens with one attached hydrogen (secondary N) is 2. The number of hydrogen-bond donors (Lipinski definition) is 2. The Morgan fingerprint density at radius 3 is 2.70 bits per heavy atom. The van der Waals surface area contributed by atoms with Crippen LogP contribution >= 0.6 is 11.6 Å².